The number of carbonyl (C=O) groups is 2. The van der Waals surface area contributed by atoms with Crippen molar-refractivity contribution in [2.45, 2.75) is 40.3 Å². The van der Waals surface area contributed by atoms with Gasteiger partial charge in [0, 0.05) is 33.7 Å². The van der Waals surface area contributed by atoms with E-state index in [0.29, 0.717) is 32.7 Å². The van der Waals surface area contributed by atoms with Crippen LogP contribution < -0.4 is 9.62 Å². The highest BCUT2D eigenvalue weighted by Crippen LogP contribution is 2.30. The molecule has 0 spiro atoms. The summed E-state index contributed by atoms with van der Waals surface area (Å²) >= 11 is 18.9. The molecule has 0 heterocycles. The Kier molecular flexibility index (Phi) is 10.3. The molecule has 2 aromatic carbocycles. The van der Waals surface area contributed by atoms with Crippen molar-refractivity contribution in [1.29, 1.82) is 0 Å². The third-order valence-electron chi connectivity index (χ3n) is 5.43. The summed E-state index contributed by atoms with van der Waals surface area (Å²) in [5.41, 5.74) is 1.24. The molecule has 7 nitrogen and oxygen atoms in total. The van der Waals surface area contributed by atoms with E-state index in [1.807, 2.05) is 13.8 Å². The summed E-state index contributed by atoms with van der Waals surface area (Å²) in [4.78, 5) is 27.8. The predicted octanol–water partition coefficient (Wildman–Crippen LogP) is 4.91. The van der Waals surface area contributed by atoms with Crippen LogP contribution in [0.5, 0.6) is 0 Å². The highest BCUT2D eigenvalue weighted by atomic mass is 35.5. The molecular formula is C24H30Cl3N3O4S. The Hall–Kier alpha value is -2.00. The van der Waals surface area contributed by atoms with Gasteiger partial charge in [-0.3, -0.25) is 13.9 Å². The van der Waals surface area contributed by atoms with E-state index in [0.717, 1.165) is 10.6 Å². The van der Waals surface area contributed by atoms with E-state index < -0.39 is 28.5 Å². The number of anilines is 1. The van der Waals surface area contributed by atoms with Gasteiger partial charge in [-0.1, -0.05) is 60.8 Å². The van der Waals surface area contributed by atoms with Gasteiger partial charge in [0.2, 0.25) is 21.8 Å². The second-order valence-corrected chi connectivity index (χ2v) is 11.8. The zero-order chi connectivity index (χ0) is 26.5. The number of hydrogen-bond acceptors (Lipinski definition) is 4. The molecule has 1 N–H and O–H groups in total. The molecular weight excluding hydrogens is 533 g/mol. The first kappa shape index (κ1) is 29.2. The fourth-order valence-electron chi connectivity index (χ4n) is 3.35. The lowest BCUT2D eigenvalue weighted by Gasteiger charge is -2.32. The number of benzene rings is 2. The molecule has 0 aliphatic rings. The Labute approximate surface area is 222 Å². The largest absolute Gasteiger partial charge is 0.354 e. The predicted molar refractivity (Wildman–Crippen MR) is 143 cm³/mol. The average molecular weight is 563 g/mol. The SMILES string of the molecule is Cc1c(Cl)cccc1N(CC(=O)N(Cc1c(Cl)cccc1Cl)[C@@H](C)C(=O)NCC(C)C)S(C)(=O)=O. The molecule has 0 aliphatic heterocycles. The molecule has 2 aromatic rings. The second-order valence-electron chi connectivity index (χ2n) is 8.69. The fourth-order valence-corrected chi connectivity index (χ4v) is 4.94. The quantitative estimate of drug-likeness (QED) is 0.446. The van der Waals surface area contributed by atoms with Gasteiger partial charge in [0.1, 0.15) is 12.6 Å². The smallest absolute Gasteiger partial charge is 0.244 e. The number of nitrogens with one attached hydrogen (secondary N) is 1. The summed E-state index contributed by atoms with van der Waals surface area (Å²) in [5.74, 6) is -0.766. The summed E-state index contributed by atoms with van der Waals surface area (Å²) < 4.78 is 26.4. The van der Waals surface area contributed by atoms with Gasteiger partial charge in [-0.15, -0.1) is 0 Å². The molecule has 2 amide bonds. The molecule has 0 aliphatic carbocycles. The van der Waals surface area contributed by atoms with E-state index in [4.69, 9.17) is 34.8 Å². The van der Waals surface area contributed by atoms with Crippen molar-refractivity contribution in [3.8, 4) is 0 Å². The monoisotopic (exact) mass is 561 g/mol. The number of carbonyl (C=O) groups excluding carboxylic acids is 2. The molecule has 192 valence electrons. The lowest BCUT2D eigenvalue weighted by Crippen LogP contribution is -2.51. The number of halogens is 3. The maximum atomic E-state index is 13.6. The second kappa shape index (κ2) is 12.3. The minimum Gasteiger partial charge on any atom is -0.354 e. The Morgan fingerprint density at radius 1 is 0.971 bits per heavy atom. The number of hydrogen-bond donors (Lipinski definition) is 1. The van der Waals surface area contributed by atoms with Crippen LogP contribution in [0.15, 0.2) is 36.4 Å². The van der Waals surface area contributed by atoms with E-state index in [2.05, 4.69) is 5.32 Å². The minimum absolute atomic E-state index is 0.0836. The zero-order valence-electron chi connectivity index (χ0n) is 20.3. The fraction of sp³-hybridized carbons (Fsp3) is 0.417. The summed E-state index contributed by atoms with van der Waals surface area (Å²) in [6.07, 6.45) is 1.01. The van der Waals surface area contributed by atoms with Crippen LogP contribution in [0.4, 0.5) is 5.69 Å². The van der Waals surface area contributed by atoms with Gasteiger partial charge in [0.05, 0.1) is 11.9 Å². The van der Waals surface area contributed by atoms with Gasteiger partial charge in [0.15, 0.2) is 0 Å². The van der Waals surface area contributed by atoms with E-state index in [1.165, 1.54) is 4.90 Å². The number of sulfonamides is 1. The van der Waals surface area contributed by atoms with Crippen molar-refractivity contribution >= 4 is 62.3 Å². The Morgan fingerprint density at radius 2 is 1.51 bits per heavy atom. The summed E-state index contributed by atoms with van der Waals surface area (Å²) in [6.45, 7) is 6.96. The molecule has 11 heteroatoms. The van der Waals surface area contributed by atoms with Crippen LogP contribution in [0.3, 0.4) is 0 Å². The molecule has 0 unspecified atom stereocenters. The van der Waals surface area contributed by atoms with Crippen molar-refractivity contribution in [3.63, 3.8) is 0 Å². The van der Waals surface area contributed by atoms with Gasteiger partial charge in [-0.05, 0) is 49.6 Å². The highest BCUT2D eigenvalue weighted by molar-refractivity contribution is 7.92. The molecule has 35 heavy (non-hydrogen) atoms. The molecule has 0 fully saturated rings. The van der Waals surface area contributed by atoms with Gasteiger partial charge in [-0.2, -0.15) is 0 Å². The Bertz CT molecular complexity index is 1170. The maximum Gasteiger partial charge on any atom is 0.244 e. The lowest BCUT2D eigenvalue weighted by atomic mass is 10.1. The van der Waals surface area contributed by atoms with Crippen LogP contribution in [-0.2, 0) is 26.2 Å². The summed E-state index contributed by atoms with van der Waals surface area (Å²) in [6, 6.07) is 8.83. The summed E-state index contributed by atoms with van der Waals surface area (Å²) in [5, 5.41) is 3.84. The normalized spacial score (nSPS) is 12.4. The van der Waals surface area contributed by atoms with Crippen LogP contribution >= 0.6 is 34.8 Å². The van der Waals surface area contributed by atoms with Crippen molar-refractivity contribution in [2.75, 3.05) is 23.7 Å². The van der Waals surface area contributed by atoms with Crippen LogP contribution in [0, 0.1) is 12.8 Å². The zero-order valence-corrected chi connectivity index (χ0v) is 23.4. The van der Waals surface area contributed by atoms with Crippen LogP contribution in [0.1, 0.15) is 31.9 Å². The van der Waals surface area contributed by atoms with Crippen LogP contribution in [-0.4, -0.2) is 50.5 Å². The van der Waals surface area contributed by atoms with Crippen LogP contribution in [0.25, 0.3) is 0 Å². The van der Waals surface area contributed by atoms with E-state index in [-0.39, 0.29) is 24.1 Å². The Balaban J connectivity index is 2.47. The van der Waals surface area contributed by atoms with Crippen molar-refractivity contribution in [1.82, 2.24) is 10.2 Å². The van der Waals surface area contributed by atoms with E-state index >= 15 is 0 Å². The molecule has 0 saturated carbocycles. The van der Waals surface area contributed by atoms with Crippen LogP contribution in [0.2, 0.25) is 15.1 Å². The van der Waals surface area contributed by atoms with E-state index in [9.17, 15) is 18.0 Å². The Morgan fingerprint density at radius 3 is 2.06 bits per heavy atom. The van der Waals surface area contributed by atoms with Crippen molar-refractivity contribution in [3.05, 3.63) is 62.6 Å². The van der Waals surface area contributed by atoms with Gasteiger partial charge in [-0.25, -0.2) is 8.42 Å². The first-order valence-electron chi connectivity index (χ1n) is 11.0. The topological polar surface area (TPSA) is 86.8 Å². The number of rotatable bonds is 10. The maximum absolute atomic E-state index is 13.6. The van der Waals surface area contributed by atoms with E-state index in [1.54, 1.807) is 50.2 Å². The minimum atomic E-state index is -3.87. The number of nitrogens with zero attached hydrogens (tertiary/aromatic N) is 2. The molecule has 0 aromatic heterocycles. The molecule has 2 rings (SSSR count). The molecule has 1 atom stereocenters. The number of amides is 2. The van der Waals surface area contributed by atoms with Crippen molar-refractivity contribution in [2.24, 2.45) is 5.92 Å². The molecule has 0 bridgehead atoms. The third-order valence-corrected chi connectivity index (χ3v) is 7.67. The standard InChI is InChI=1S/C24H30Cl3N3O4S/c1-15(2)12-28-24(32)17(4)29(13-18-20(26)9-6-10-21(18)27)23(31)14-30(35(5,33)34)22-11-7-8-19(25)16(22)3/h6-11,15,17H,12-14H2,1-5H3,(H,28,32)/t17-/m0/s1. The first-order valence-corrected chi connectivity index (χ1v) is 13.9. The average Bonchev–Trinajstić information content (AvgIpc) is 2.76. The lowest BCUT2D eigenvalue weighted by molar-refractivity contribution is -0.139. The van der Waals surface area contributed by atoms with Gasteiger partial charge < -0.3 is 10.2 Å². The third kappa shape index (κ3) is 7.74. The van der Waals surface area contributed by atoms with Crippen molar-refractivity contribution < 1.29 is 18.0 Å². The molecule has 0 radical (unpaired) electrons. The summed E-state index contributed by atoms with van der Waals surface area (Å²) in [7, 11) is -3.87. The van der Waals surface area contributed by atoms with Gasteiger partial charge in [0.25, 0.3) is 0 Å². The molecule has 0 saturated heterocycles. The van der Waals surface area contributed by atoms with Gasteiger partial charge >= 0.3 is 0 Å². The highest BCUT2D eigenvalue weighted by Gasteiger charge is 2.31. The first-order chi connectivity index (χ1) is 16.2.